The van der Waals surface area contributed by atoms with Crippen molar-refractivity contribution in [2.45, 2.75) is 51.6 Å². The Morgan fingerprint density at radius 3 is 3.17 bits per heavy atom. The third-order valence-electron chi connectivity index (χ3n) is 4.58. The van der Waals surface area contributed by atoms with Gasteiger partial charge >= 0.3 is 0 Å². The van der Waals surface area contributed by atoms with E-state index in [1.807, 2.05) is 18.5 Å². The minimum Gasteiger partial charge on any atom is -0.354 e. The van der Waals surface area contributed by atoms with E-state index in [0.29, 0.717) is 12.3 Å². The molecule has 1 aliphatic rings. The fourth-order valence-electron chi connectivity index (χ4n) is 3.23. The summed E-state index contributed by atoms with van der Waals surface area (Å²) in [6.07, 6.45) is 9.93. The third kappa shape index (κ3) is 4.44. The summed E-state index contributed by atoms with van der Waals surface area (Å²) in [4.78, 5) is 20.8. The van der Waals surface area contributed by atoms with Crippen LogP contribution in [0.15, 0.2) is 35.3 Å². The average Bonchev–Trinajstić information content (AvgIpc) is 2.95. The van der Waals surface area contributed by atoms with Crippen LogP contribution in [0.4, 0.5) is 0 Å². The lowest BCUT2D eigenvalue weighted by molar-refractivity contribution is -0.122. The van der Waals surface area contributed by atoms with Crippen LogP contribution in [-0.4, -0.2) is 26.5 Å². The number of pyridine rings is 1. The smallest absolute Gasteiger partial charge is 0.220 e. The van der Waals surface area contributed by atoms with Gasteiger partial charge < -0.3 is 9.88 Å². The number of carbonyl (C=O) groups excluding carboxylic acids is 1. The number of nitrogens with one attached hydrogen (secondary N) is 1. The van der Waals surface area contributed by atoms with E-state index in [-0.39, 0.29) is 11.9 Å². The number of halogens is 1. The van der Waals surface area contributed by atoms with Crippen LogP contribution in [0.1, 0.15) is 37.6 Å². The van der Waals surface area contributed by atoms with Crippen molar-refractivity contribution >= 4 is 21.8 Å². The molecular weight excluding hydrogens is 368 g/mol. The Labute approximate surface area is 151 Å². The molecule has 0 aromatic carbocycles. The topological polar surface area (TPSA) is 59.8 Å². The number of nitrogens with zero attached hydrogens (tertiary/aromatic N) is 3. The van der Waals surface area contributed by atoms with Crippen LogP contribution in [0.3, 0.4) is 0 Å². The van der Waals surface area contributed by atoms with E-state index in [9.17, 15) is 4.79 Å². The van der Waals surface area contributed by atoms with Crippen LogP contribution in [-0.2, 0) is 24.2 Å². The average molecular weight is 391 g/mol. The summed E-state index contributed by atoms with van der Waals surface area (Å²) >= 11 is 3.52. The minimum absolute atomic E-state index is 0.151. The molecule has 0 fully saturated rings. The molecule has 5 nitrogen and oxygen atoms in total. The Balaban J connectivity index is 1.43. The highest BCUT2D eigenvalue weighted by Gasteiger charge is 2.23. The summed E-state index contributed by atoms with van der Waals surface area (Å²) in [7, 11) is 0. The molecule has 2 atom stereocenters. The predicted octanol–water partition coefficient (Wildman–Crippen LogP) is 3.13. The van der Waals surface area contributed by atoms with E-state index in [1.165, 1.54) is 5.56 Å². The molecule has 6 heteroatoms. The summed E-state index contributed by atoms with van der Waals surface area (Å²) in [6, 6.07) is 4.20. The van der Waals surface area contributed by atoms with Gasteiger partial charge in [0.15, 0.2) is 0 Å². The second kappa shape index (κ2) is 7.92. The van der Waals surface area contributed by atoms with Gasteiger partial charge in [-0.05, 0) is 59.7 Å². The number of amides is 1. The Morgan fingerprint density at radius 1 is 1.50 bits per heavy atom. The van der Waals surface area contributed by atoms with Crippen LogP contribution in [0, 0.1) is 5.92 Å². The highest BCUT2D eigenvalue weighted by atomic mass is 79.9. The summed E-state index contributed by atoms with van der Waals surface area (Å²) in [5.41, 5.74) is 1.21. The molecule has 0 aliphatic carbocycles. The van der Waals surface area contributed by atoms with Crippen molar-refractivity contribution in [3.63, 3.8) is 0 Å². The zero-order chi connectivity index (χ0) is 16.9. The van der Waals surface area contributed by atoms with Crippen molar-refractivity contribution in [1.82, 2.24) is 19.9 Å². The summed E-state index contributed by atoms with van der Waals surface area (Å²) in [5.74, 6) is 1.65. The van der Waals surface area contributed by atoms with Gasteiger partial charge in [-0.3, -0.25) is 9.78 Å². The monoisotopic (exact) mass is 390 g/mol. The van der Waals surface area contributed by atoms with Crippen LogP contribution in [0.25, 0.3) is 0 Å². The molecule has 0 bridgehead atoms. The molecule has 1 aliphatic heterocycles. The number of hydrogen-bond donors (Lipinski definition) is 1. The van der Waals surface area contributed by atoms with Crippen LogP contribution in [0.5, 0.6) is 0 Å². The number of rotatable bonds is 6. The lowest BCUT2D eigenvalue weighted by Gasteiger charge is -2.24. The van der Waals surface area contributed by atoms with Gasteiger partial charge in [0.05, 0.1) is 6.20 Å². The highest BCUT2D eigenvalue weighted by molar-refractivity contribution is 9.10. The molecule has 2 aromatic rings. The first-order chi connectivity index (χ1) is 11.6. The summed E-state index contributed by atoms with van der Waals surface area (Å²) in [6.45, 7) is 2.94. The van der Waals surface area contributed by atoms with Gasteiger partial charge in [-0.1, -0.05) is 6.07 Å². The first-order valence-electron chi connectivity index (χ1n) is 8.50. The van der Waals surface area contributed by atoms with Crippen molar-refractivity contribution in [2.24, 2.45) is 5.92 Å². The van der Waals surface area contributed by atoms with Gasteiger partial charge in [-0.25, -0.2) is 4.98 Å². The van der Waals surface area contributed by atoms with E-state index in [0.717, 1.165) is 42.7 Å². The minimum atomic E-state index is 0.151. The summed E-state index contributed by atoms with van der Waals surface area (Å²) < 4.78 is 3.18. The Bertz CT molecular complexity index is 686. The van der Waals surface area contributed by atoms with E-state index in [2.05, 4.69) is 48.8 Å². The van der Waals surface area contributed by atoms with Gasteiger partial charge in [0.2, 0.25) is 5.91 Å². The lowest BCUT2D eigenvalue weighted by atomic mass is 9.95. The van der Waals surface area contributed by atoms with Crippen molar-refractivity contribution in [3.8, 4) is 0 Å². The maximum Gasteiger partial charge on any atom is 0.220 e. The van der Waals surface area contributed by atoms with Gasteiger partial charge in [0.25, 0.3) is 0 Å². The highest BCUT2D eigenvalue weighted by Crippen LogP contribution is 2.25. The predicted molar refractivity (Wildman–Crippen MR) is 96.5 cm³/mol. The van der Waals surface area contributed by atoms with Crippen LogP contribution < -0.4 is 5.32 Å². The first kappa shape index (κ1) is 17.1. The zero-order valence-corrected chi connectivity index (χ0v) is 15.5. The molecule has 1 N–H and O–H groups in total. The first-order valence-corrected chi connectivity index (χ1v) is 9.29. The Morgan fingerprint density at radius 2 is 2.38 bits per heavy atom. The number of fused-ring (bicyclic) bond motifs is 1. The molecule has 3 heterocycles. The molecule has 2 unspecified atom stereocenters. The maximum absolute atomic E-state index is 12.3. The van der Waals surface area contributed by atoms with Gasteiger partial charge in [-0.15, -0.1) is 0 Å². The largest absolute Gasteiger partial charge is 0.354 e. The molecule has 128 valence electrons. The van der Waals surface area contributed by atoms with Crippen molar-refractivity contribution < 1.29 is 4.79 Å². The van der Waals surface area contributed by atoms with Crippen molar-refractivity contribution in [2.75, 3.05) is 0 Å². The maximum atomic E-state index is 12.3. The molecule has 0 saturated carbocycles. The fraction of sp³-hybridized carbons (Fsp3) is 0.500. The number of imidazole rings is 1. The fourth-order valence-corrected chi connectivity index (χ4v) is 3.68. The zero-order valence-electron chi connectivity index (χ0n) is 13.9. The van der Waals surface area contributed by atoms with Crippen molar-refractivity contribution in [3.05, 3.63) is 46.7 Å². The molecule has 1 amide bonds. The summed E-state index contributed by atoms with van der Waals surface area (Å²) in [5, 5.41) is 3.13. The molecule has 24 heavy (non-hydrogen) atoms. The number of aromatic nitrogens is 3. The number of aryl methyl sites for hydroxylation is 2. The SMILES string of the molecule is CC(CCc1cccnc1)NC(=O)CC1CCc2ncc(Br)n2C1. The van der Waals surface area contributed by atoms with Gasteiger partial charge in [0, 0.05) is 37.8 Å². The number of hydrogen-bond acceptors (Lipinski definition) is 3. The normalized spacial score (nSPS) is 18.0. The van der Waals surface area contributed by atoms with E-state index < -0.39 is 0 Å². The van der Waals surface area contributed by atoms with Crippen LogP contribution in [0.2, 0.25) is 0 Å². The van der Waals surface area contributed by atoms with Crippen molar-refractivity contribution in [1.29, 1.82) is 0 Å². The van der Waals surface area contributed by atoms with Crippen LogP contribution >= 0.6 is 15.9 Å². The van der Waals surface area contributed by atoms with Gasteiger partial charge in [-0.2, -0.15) is 0 Å². The molecule has 0 radical (unpaired) electrons. The molecule has 2 aromatic heterocycles. The quantitative estimate of drug-likeness (QED) is 0.823. The molecule has 3 rings (SSSR count). The van der Waals surface area contributed by atoms with Gasteiger partial charge in [0.1, 0.15) is 10.4 Å². The van der Waals surface area contributed by atoms with E-state index in [1.54, 1.807) is 6.20 Å². The van der Waals surface area contributed by atoms with E-state index in [4.69, 9.17) is 0 Å². The lowest BCUT2D eigenvalue weighted by Crippen LogP contribution is -2.35. The molecular formula is C18H23BrN4O. The second-order valence-corrected chi connectivity index (χ2v) is 7.40. The standard InChI is InChI=1S/C18H23BrN4O/c1-13(4-5-14-3-2-8-20-10-14)22-18(24)9-15-6-7-17-21-11-16(19)23(17)12-15/h2-3,8,10-11,13,15H,4-7,9,12H2,1H3,(H,22,24). The van der Waals surface area contributed by atoms with E-state index >= 15 is 0 Å². The Kier molecular flexibility index (Phi) is 5.66. The Hall–Kier alpha value is -1.69. The second-order valence-electron chi connectivity index (χ2n) is 6.59. The number of carbonyl (C=O) groups is 1. The molecule has 0 saturated heterocycles. The third-order valence-corrected chi connectivity index (χ3v) is 5.21. The molecule has 0 spiro atoms.